The second-order valence-corrected chi connectivity index (χ2v) is 6.48. The molecule has 3 nitrogen and oxygen atoms in total. The summed E-state index contributed by atoms with van der Waals surface area (Å²) in [6, 6.07) is 4.70. The van der Waals surface area contributed by atoms with E-state index < -0.39 is 0 Å². The highest BCUT2D eigenvalue weighted by molar-refractivity contribution is 6.32. The summed E-state index contributed by atoms with van der Waals surface area (Å²) in [7, 11) is 3.84. The summed E-state index contributed by atoms with van der Waals surface area (Å²) >= 11 is 6.41. The second-order valence-electron chi connectivity index (χ2n) is 6.07. The van der Waals surface area contributed by atoms with Crippen molar-refractivity contribution in [2.75, 3.05) is 27.2 Å². The Bertz CT molecular complexity index is 476. The SMILES string of the molecule is COc1c(Cl)cc(C2CC(CN)CN2C)cc1C(C)C. The first-order valence-corrected chi connectivity index (χ1v) is 7.63. The van der Waals surface area contributed by atoms with Gasteiger partial charge in [-0.15, -0.1) is 0 Å². The van der Waals surface area contributed by atoms with Crippen molar-refractivity contribution in [1.82, 2.24) is 4.90 Å². The molecule has 2 rings (SSSR count). The van der Waals surface area contributed by atoms with Crippen molar-refractivity contribution in [3.05, 3.63) is 28.3 Å². The topological polar surface area (TPSA) is 38.5 Å². The van der Waals surface area contributed by atoms with Gasteiger partial charge in [-0.3, -0.25) is 4.90 Å². The number of ether oxygens (including phenoxy) is 1. The van der Waals surface area contributed by atoms with E-state index in [4.69, 9.17) is 22.1 Å². The summed E-state index contributed by atoms with van der Waals surface area (Å²) in [6.45, 7) is 6.14. The van der Waals surface area contributed by atoms with E-state index in [2.05, 4.69) is 31.9 Å². The van der Waals surface area contributed by atoms with Crippen LogP contribution in [-0.2, 0) is 0 Å². The first-order chi connectivity index (χ1) is 9.47. The van der Waals surface area contributed by atoms with Gasteiger partial charge in [0.25, 0.3) is 0 Å². The van der Waals surface area contributed by atoms with Crippen molar-refractivity contribution in [1.29, 1.82) is 0 Å². The fraction of sp³-hybridized carbons (Fsp3) is 0.625. The molecule has 1 heterocycles. The van der Waals surface area contributed by atoms with E-state index in [9.17, 15) is 0 Å². The van der Waals surface area contributed by atoms with Gasteiger partial charge in [0.2, 0.25) is 0 Å². The van der Waals surface area contributed by atoms with E-state index in [1.54, 1.807) is 7.11 Å². The van der Waals surface area contributed by atoms with E-state index in [0.29, 0.717) is 22.9 Å². The van der Waals surface area contributed by atoms with Crippen molar-refractivity contribution < 1.29 is 4.74 Å². The van der Waals surface area contributed by atoms with Crippen LogP contribution in [0.25, 0.3) is 0 Å². The highest BCUT2D eigenvalue weighted by Gasteiger charge is 2.30. The Kier molecular flexibility index (Phi) is 4.95. The lowest BCUT2D eigenvalue weighted by Crippen LogP contribution is -2.20. The number of halogens is 1. The van der Waals surface area contributed by atoms with Crippen LogP contribution in [0.1, 0.15) is 43.4 Å². The lowest BCUT2D eigenvalue weighted by atomic mass is 9.94. The average Bonchev–Trinajstić information content (AvgIpc) is 2.79. The predicted octanol–water partition coefficient (Wildman–Crippen LogP) is 3.42. The van der Waals surface area contributed by atoms with Crippen molar-refractivity contribution in [2.24, 2.45) is 11.7 Å². The molecule has 0 aliphatic carbocycles. The molecular weight excluding hydrogens is 272 g/mol. The summed E-state index contributed by atoms with van der Waals surface area (Å²) in [6.07, 6.45) is 1.10. The third-order valence-electron chi connectivity index (χ3n) is 4.27. The molecule has 2 N–H and O–H groups in total. The van der Waals surface area contributed by atoms with Gasteiger partial charge in [-0.05, 0) is 49.0 Å². The summed E-state index contributed by atoms with van der Waals surface area (Å²) in [4.78, 5) is 2.37. The zero-order valence-electron chi connectivity index (χ0n) is 12.8. The molecule has 4 heteroatoms. The Hall–Kier alpha value is -0.770. The number of hydrogen-bond acceptors (Lipinski definition) is 3. The Morgan fingerprint density at radius 2 is 2.15 bits per heavy atom. The molecule has 0 saturated carbocycles. The van der Waals surface area contributed by atoms with E-state index in [-0.39, 0.29) is 0 Å². The lowest BCUT2D eigenvalue weighted by Gasteiger charge is -2.23. The predicted molar refractivity (Wildman–Crippen MR) is 84.6 cm³/mol. The van der Waals surface area contributed by atoms with Crippen LogP contribution in [0.15, 0.2) is 12.1 Å². The van der Waals surface area contributed by atoms with Crippen molar-refractivity contribution in [2.45, 2.75) is 32.2 Å². The molecular formula is C16H25ClN2O. The number of nitrogens with zero attached hydrogens (tertiary/aromatic N) is 1. The van der Waals surface area contributed by atoms with Gasteiger partial charge in [0.15, 0.2) is 0 Å². The van der Waals surface area contributed by atoms with E-state index in [1.165, 1.54) is 11.1 Å². The van der Waals surface area contributed by atoms with Crippen LogP contribution in [0.4, 0.5) is 0 Å². The Balaban J connectivity index is 2.38. The molecule has 2 unspecified atom stereocenters. The zero-order valence-corrected chi connectivity index (χ0v) is 13.6. The van der Waals surface area contributed by atoms with Gasteiger partial charge in [-0.25, -0.2) is 0 Å². The molecule has 20 heavy (non-hydrogen) atoms. The van der Waals surface area contributed by atoms with E-state index in [1.807, 2.05) is 6.07 Å². The molecule has 0 amide bonds. The number of nitrogens with two attached hydrogens (primary N) is 1. The van der Waals surface area contributed by atoms with Crippen molar-refractivity contribution in [3.63, 3.8) is 0 Å². The molecule has 1 aliphatic heterocycles. The summed E-state index contributed by atoms with van der Waals surface area (Å²) in [5.41, 5.74) is 8.27. The molecule has 1 saturated heterocycles. The Morgan fingerprint density at radius 3 is 2.65 bits per heavy atom. The van der Waals surface area contributed by atoms with Crippen LogP contribution in [-0.4, -0.2) is 32.1 Å². The number of rotatable bonds is 4. The summed E-state index contributed by atoms with van der Waals surface area (Å²) in [5, 5.41) is 0.707. The fourth-order valence-corrected chi connectivity index (χ4v) is 3.45. The van der Waals surface area contributed by atoms with Gasteiger partial charge in [-0.1, -0.05) is 31.5 Å². The minimum Gasteiger partial charge on any atom is -0.495 e. The van der Waals surface area contributed by atoms with Crippen LogP contribution >= 0.6 is 11.6 Å². The maximum absolute atomic E-state index is 6.41. The third kappa shape index (κ3) is 2.95. The highest BCUT2D eigenvalue weighted by atomic mass is 35.5. The number of benzene rings is 1. The summed E-state index contributed by atoms with van der Waals surface area (Å²) < 4.78 is 5.46. The first-order valence-electron chi connectivity index (χ1n) is 7.25. The van der Waals surface area contributed by atoms with Gasteiger partial charge in [0.1, 0.15) is 5.75 Å². The monoisotopic (exact) mass is 296 g/mol. The van der Waals surface area contributed by atoms with E-state index in [0.717, 1.165) is 25.3 Å². The van der Waals surface area contributed by atoms with Crippen LogP contribution in [0.3, 0.4) is 0 Å². The third-order valence-corrected chi connectivity index (χ3v) is 4.55. The standard InChI is InChI=1S/C16H25ClN2O/c1-10(2)13-6-12(7-14(17)16(13)20-4)15-5-11(8-18)9-19(15)3/h6-7,10-11,15H,5,8-9,18H2,1-4H3. The molecule has 0 spiro atoms. The van der Waals surface area contributed by atoms with Crippen LogP contribution in [0.2, 0.25) is 5.02 Å². The number of likely N-dealkylation sites (tertiary alicyclic amines) is 1. The first kappa shape index (κ1) is 15.6. The lowest BCUT2D eigenvalue weighted by molar-refractivity contribution is 0.313. The zero-order chi connectivity index (χ0) is 14.9. The fourth-order valence-electron chi connectivity index (χ4n) is 3.14. The molecule has 2 atom stereocenters. The Labute approximate surface area is 127 Å². The second kappa shape index (κ2) is 6.33. The molecule has 0 bridgehead atoms. The normalized spacial score (nSPS) is 23.6. The largest absolute Gasteiger partial charge is 0.495 e. The van der Waals surface area contributed by atoms with Gasteiger partial charge >= 0.3 is 0 Å². The van der Waals surface area contributed by atoms with Crippen molar-refractivity contribution in [3.8, 4) is 5.75 Å². The molecule has 0 aromatic heterocycles. The summed E-state index contributed by atoms with van der Waals surface area (Å²) in [5.74, 6) is 1.77. The van der Waals surface area contributed by atoms with Gasteiger partial charge in [-0.2, -0.15) is 0 Å². The maximum Gasteiger partial charge on any atom is 0.140 e. The highest BCUT2D eigenvalue weighted by Crippen LogP contribution is 2.40. The van der Waals surface area contributed by atoms with Crippen LogP contribution in [0.5, 0.6) is 5.75 Å². The van der Waals surface area contributed by atoms with Gasteiger partial charge in [0, 0.05) is 12.6 Å². The van der Waals surface area contributed by atoms with Gasteiger partial charge < -0.3 is 10.5 Å². The maximum atomic E-state index is 6.41. The quantitative estimate of drug-likeness (QED) is 0.925. The van der Waals surface area contributed by atoms with Gasteiger partial charge in [0.05, 0.1) is 12.1 Å². The molecule has 112 valence electrons. The number of hydrogen-bond donors (Lipinski definition) is 1. The molecule has 1 aliphatic rings. The molecule has 1 aromatic rings. The van der Waals surface area contributed by atoms with Crippen LogP contribution in [0, 0.1) is 5.92 Å². The van der Waals surface area contributed by atoms with E-state index >= 15 is 0 Å². The van der Waals surface area contributed by atoms with Crippen LogP contribution < -0.4 is 10.5 Å². The minimum atomic E-state index is 0.388. The number of methoxy groups -OCH3 is 1. The average molecular weight is 297 g/mol. The van der Waals surface area contributed by atoms with Crippen molar-refractivity contribution >= 4 is 11.6 Å². The Morgan fingerprint density at radius 1 is 1.45 bits per heavy atom. The minimum absolute atomic E-state index is 0.388. The molecule has 1 fully saturated rings. The molecule has 1 aromatic carbocycles. The molecule has 0 radical (unpaired) electrons. The smallest absolute Gasteiger partial charge is 0.140 e.